The lowest BCUT2D eigenvalue weighted by Gasteiger charge is -2.43. The van der Waals surface area contributed by atoms with Gasteiger partial charge in [-0.05, 0) is 51.5 Å². The molecule has 0 radical (unpaired) electrons. The third kappa shape index (κ3) is 6.98. The molecule has 1 aromatic heterocycles. The number of carbonyl (C=O) groups excluding carboxylic acids is 1. The maximum absolute atomic E-state index is 13.3. The van der Waals surface area contributed by atoms with Crippen LogP contribution in [0.4, 0.5) is 10.1 Å². The molecule has 1 aromatic rings. The molecule has 2 fully saturated rings. The Bertz CT molecular complexity index is 978. The second-order valence-electron chi connectivity index (χ2n) is 9.78. The minimum atomic E-state index is -0.769. The van der Waals surface area contributed by atoms with E-state index in [9.17, 15) is 14.4 Å². The molecule has 1 unspecified atom stereocenters. The van der Waals surface area contributed by atoms with Gasteiger partial charge in [-0.15, -0.1) is 0 Å². The summed E-state index contributed by atoms with van der Waals surface area (Å²) in [5.74, 6) is -1.02. The number of rotatable bonds is 8. The third-order valence-electron chi connectivity index (χ3n) is 6.57. The van der Waals surface area contributed by atoms with Crippen molar-refractivity contribution in [2.24, 2.45) is 22.4 Å². The van der Waals surface area contributed by atoms with Crippen molar-refractivity contribution in [2.45, 2.75) is 57.1 Å². The Labute approximate surface area is 200 Å². The molecule has 0 saturated carbocycles. The average Bonchev–Trinajstić information content (AvgIpc) is 2.75. The summed E-state index contributed by atoms with van der Waals surface area (Å²) in [5, 5.41) is 12.7. The van der Waals surface area contributed by atoms with Crippen molar-refractivity contribution < 1.29 is 13.9 Å². The van der Waals surface area contributed by atoms with Crippen LogP contribution < -0.4 is 16.8 Å². The van der Waals surface area contributed by atoms with Gasteiger partial charge >= 0.3 is 0 Å². The molecule has 2 saturated heterocycles. The van der Waals surface area contributed by atoms with E-state index in [0.717, 1.165) is 58.0 Å². The van der Waals surface area contributed by atoms with Gasteiger partial charge in [0.2, 0.25) is 5.95 Å². The quantitative estimate of drug-likeness (QED) is 0.228. The zero-order chi connectivity index (χ0) is 24.8. The second-order valence-corrected chi connectivity index (χ2v) is 9.78. The molecule has 0 spiro atoms. The van der Waals surface area contributed by atoms with E-state index in [1.807, 2.05) is 0 Å². The highest BCUT2D eigenvalue weighted by molar-refractivity contribution is 6.20. The molecule has 2 aliphatic rings. The number of carbonyl (C=O) groups is 1. The Balaban J connectivity index is 1.67. The Kier molecular flexibility index (Phi) is 8.23. The number of halogens is 1. The predicted molar refractivity (Wildman–Crippen MR) is 127 cm³/mol. The van der Waals surface area contributed by atoms with E-state index in [1.165, 1.54) is 18.5 Å². The normalized spacial score (nSPS) is 23.2. The van der Waals surface area contributed by atoms with Crippen LogP contribution in [0.15, 0.2) is 35.1 Å². The molecule has 9 nitrogen and oxygen atoms in total. The molecule has 3 heterocycles. The van der Waals surface area contributed by atoms with E-state index in [2.05, 4.69) is 40.1 Å². The molecular formula is C24H34FN7O2. The van der Waals surface area contributed by atoms with Gasteiger partial charge in [0.05, 0.1) is 34.9 Å². The van der Waals surface area contributed by atoms with Gasteiger partial charge in [0.25, 0.3) is 5.91 Å². The number of nitriles is 1. The topological polar surface area (TPSA) is 143 Å². The number of amidine groups is 1. The first-order valence-corrected chi connectivity index (χ1v) is 11.6. The SMILES string of the molecule is CC1(C)CC(CN2CCC(CC#N)(N/C=C(/C(N)=O)C(N)=Nc3ccnc(F)c3)CC2)CCO1. The van der Waals surface area contributed by atoms with Crippen LogP contribution in [0.2, 0.25) is 0 Å². The number of nitrogens with zero attached hydrogens (tertiary/aromatic N) is 4. The Morgan fingerprint density at radius 2 is 2.18 bits per heavy atom. The first-order valence-electron chi connectivity index (χ1n) is 11.6. The van der Waals surface area contributed by atoms with Crippen molar-refractivity contribution in [2.75, 3.05) is 26.2 Å². The Hall–Kier alpha value is -3.03. The van der Waals surface area contributed by atoms with E-state index in [0.29, 0.717) is 5.92 Å². The summed E-state index contributed by atoms with van der Waals surface area (Å²) >= 11 is 0. The molecule has 5 N–H and O–H groups in total. The van der Waals surface area contributed by atoms with Gasteiger partial charge in [-0.3, -0.25) is 4.79 Å². The molecule has 184 valence electrons. The van der Waals surface area contributed by atoms with E-state index in [4.69, 9.17) is 16.2 Å². The van der Waals surface area contributed by atoms with Crippen LogP contribution in [0.3, 0.4) is 0 Å². The maximum Gasteiger partial charge on any atom is 0.253 e. The molecular weight excluding hydrogens is 437 g/mol. The zero-order valence-electron chi connectivity index (χ0n) is 19.9. The molecule has 2 aliphatic heterocycles. The number of likely N-dealkylation sites (tertiary alicyclic amines) is 1. The average molecular weight is 472 g/mol. The minimum absolute atomic E-state index is 0.0265. The molecule has 3 rings (SSSR count). The number of aliphatic imine (C=N–C) groups is 1. The van der Waals surface area contributed by atoms with E-state index in [-0.39, 0.29) is 29.1 Å². The lowest BCUT2D eigenvalue weighted by Crippen LogP contribution is -2.53. The van der Waals surface area contributed by atoms with Gasteiger partial charge in [-0.25, -0.2) is 9.98 Å². The van der Waals surface area contributed by atoms with Crippen molar-refractivity contribution >= 4 is 17.4 Å². The molecule has 1 amide bonds. The molecule has 0 aliphatic carbocycles. The number of ether oxygens (including phenoxy) is 1. The van der Waals surface area contributed by atoms with Crippen LogP contribution in [-0.4, -0.2) is 59.0 Å². The van der Waals surface area contributed by atoms with Crippen LogP contribution in [0, 0.1) is 23.2 Å². The predicted octanol–water partition coefficient (Wildman–Crippen LogP) is 2.12. The van der Waals surface area contributed by atoms with E-state index >= 15 is 0 Å². The number of hydrogen-bond donors (Lipinski definition) is 3. The van der Waals surface area contributed by atoms with Crippen LogP contribution in [0.25, 0.3) is 0 Å². The summed E-state index contributed by atoms with van der Waals surface area (Å²) in [4.78, 5) is 22.0. The largest absolute Gasteiger partial charge is 0.384 e. The number of amides is 1. The van der Waals surface area contributed by atoms with Crippen molar-refractivity contribution in [3.05, 3.63) is 36.1 Å². The molecule has 1 atom stereocenters. The number of nitrogens with one attached hydrogen (secondary N) is 1. The summed E-state index contributed by atoms with van der Waals surface area (Å²) in [5.41, 5.74) is 11.1. The Morgan fingerprint density at radius 1 is 1.44 bits per heavy atom. The fraction of sp³-hybridized carbons (Fsp3) is 0.583. The fourth-order valence-electron chi connectivity index (χ4n) is 4.72. The molecule has 0 aromatic carbocycles. The highest BCUT2D eigenvalue weighted by Crippen LogP contribution is 2.31. The summed E-state index contributed by atoms with van der Waals surface area (Å²) in [7, 11) is 0. The number of pyridine rings is 1. The van der Waals surface area contributed by atoms with Gasteiger partial charge in [0.15, 0.2) is 0 Å². The fourth-order valence-corrected chi connectivity index (χ4v) is 4.72. The molecule has 0 bridgehead atoms. The Morgan fingerprint density at radius 3 is 2.79 bits per heavy atom. The molecule has 10 heteroatoms. The minimum Gasteiger partial charge on any atom is -0.384 e. The van der Waals surface area contributed by atoms with Crippen molar-refractivity contribution in [3.8, 4) is 6.07 Å². The lowest BCUT2D eigenvalue weighted by atomic mass is 9.83. The number of primary amides is 1. The highest BCUT2D eigenvalue weighted by Gasteiger charge is 2.36. The summed E-state index contributed by atoms with van der Waals surface area (Å²) in [6.45, 7) is 7.76. The van der Waals surface area contributed by atoms with E-state index in [1.54, 1.807) is 0 Å². The van der Waals surface area contributed by atoms with E-state index < -0.39 is 17.4 Å². The van der Waals surface area contributed by atoms with Gasteiger partial charge in [-0.2, -0.15) is 9.65 Å². The summed E-state index contributed by atoms with van der Waals surface area (Å²) < 4.78 is 19.2. The first-order chi connectivity index (χ1) is 16.1. The number of aromatic nitrogens is 1. The molecule has 34 heavy (non-hydrogen) atoms. The summed E-state index contributed by atoms with van der Waals surface area (Å²) in [6.07, 6.45) is 6.55. The van der Waals surface area contributed by atoms with Crippen molar-refractivity contribution in [3.63, 3.8) is 0 Å². The number of hydrogen-bond acceptors (Lipinski definition) is 7. The number of piperidine rings is 1. The highest BCUT2D eigenvalue weighted by atomic mass is 19.1. The van der Waals surface area contributed by atoms with Gasteiger partial charge < -0.3 is 26.4 Å². The maximum atomic E-state index is 13.3. The van der Waals surface area contributed by atoms with Gasteiger partial charge in [0, 0.05) is 44.7 Å². The van der Waals surface area contributed by atoms with Crippen molar-refractivity contribution in [1.29, 1.82) is 5.26 Å². The van der Waals surface area contributed by atoms with Crippen LogP contribution in [-0.2, 0) is 9.53 Å². The van der Waals surface area contributed by atoms with Gasteiger partial charge in [-0.1, -0.05) is 0 Å². The van der Waals surface area contributed by atoms with Crippen LogP contribution in [0.5, 0.6) is 0 Å². The second kappa shape index (κ2) is 10.9. The first kappa shape index (κ1) is 25.6. The monoisotopic (exact) mass is 471 g/mol. The zero-order valence-corrected chi connectivity index (χ0v) is 19.9. The van der Waals surface area contributed by atoms with Crippen LogP contribution in [0.1, 0.15) is 46.0 Å². The van der Waals surface area contributed by atoms with Crippen LogP contribution >= 0.6 is 0 Å². The smallest absolute Gasteiger partial charge is 0.253 e. The summed E-state index contributed by atoms with van der Waals surface area (Å²) in [6, 6.07) is 4.83. The number of nitrogens with two attached hydrogens (primary N) is 2. The third-order valence-corrected chi connectivity index (χ3v) is 6.57. The van der Waals surface area contributed by atoms with Gasteiger partial charge in [0.1, 0.15) is 5.84 Å². The van der Waals surface area contributed by atoms with Crippen molar-refractivity contribution in [1.82, 2.24) is 15.2 Å². The standard InChI is InChI=1S/C24H34FN7O2/c1-23(2)14-17(4-12-34-23)16-32-10-6-24(5-8-26,7-11-32)30-15-19(22(28)33)21(27)31-18-3-9-29-20(25)13-18/h3,9,13,15,17,30H,4-7,10-12,14,16H2,1-2H3,(H2,28,33)(H2,27,29,31)/b19-15+. The lowest BCUT2D eigenvalue weighted by molar-refractivity contribution is -0.114.